The highest BCUT2D eigenvalue weighted by molar-refractivity contribution is 5.49. The number of aromatic nitrogens is 4. The average Bonchev–Trinajstić information content (AvgIpc) is 3.18. The second-order valence-corrected chi connectivity index (χ2v) is 6.36. The van der Waals surface area contributed by atoms with Crippen molar-refractivity contribution >= 4 is 11.6 Å². The number of hydrogen-bond donors (Lipinski definition) is 2. The van der Waals surface area contributed by atoms with Crippen molar-refractivity contribution in [2.75, 3.05) is 29.9 Å². The molecule has 3 heterocycles. The molecule has 1 atom stereocenters. The largest absolute Gasteiger partial charge is 0.394 e. The molecule has 1 saturated heterocycles. The fourth-order valence-electron chi connectivity index (χ4n) is 3.27. The molecule has 7 nitrogen and oxygen atoms in total. The number of aryl methyl sites for hydroxylation is 3. The van der Waals surface area contributed by atoms with Crippen molar-refractivity contribution < 1.29 is 5.11 Å². The van der Waals surface area contributed by atoms with Gasteiger partial charge in [-0.25, -0.2) is 9.97 Å². The summed E-state index contributed by atoms with van der Waals surface area (Å²) < 4.78 is 2.04. The molecule has 0 saturated carbocycles. The quantitative estimate of drug-likeness (QED) is 0.753. The Bertz CT molecular complexity index is 671. The van der Waals surface area contributed by atoms with Gasteiger partial charge in [0.15, 0.2) is 0 Å². The first-order valence-corrected chi connectivity index (χ1v) is 8.62. The van der Waals surface area contributed by atoms with Crippen molar-refractivity contribution in [1.82, 2.24) is 19.7 Å². The van der Waals surface area contributed by atoms with Gasteiger partial charge in [0.05, 0.1) is 18.3 Å². The second kappa shape index (κ2) is 7.61. The zero-order valence-corrected chi connectivity index (χ0v) is 14.4. The molecule has 2 aromatic heterocycles. The predicted molar refractivity (Wildman–Crippen MR) is 94.3 cm³/mol. The summed E-state index contributed by atoms with van der Waals surface area (Å²) in [6.45, 7) is 6.94. The van der Waals surface area contributed by atoms with E-state index in [1.807, 2.05) is 17.7 Å². The standard InChI is InChI=1S/C17H26N6O/c1-13-9-14(2)23(21-13)8-4-6-18-16-10-17(20-12-19-16)22-7-3-5-15(22)11-24/h9-10,12,15,24H,3-8,11H2,1-2H3,(H,18,19,20)/t15-/m0/s1. The monoisotopic (exact) mass is 330 g/mol. The van der Waals surface area contributed by atoms with Gasteiger partial charge in [-0.2, -0.15) is 5.10 Å². The summed E-state index contributed by atoms with van der Waals surface area (Å²) in [5.74, 6) is 1.72. The Hall–Kier alpha value is -2.15. The van der Waals surface area contributed by atoms with Crippen LogP contribution in [-0.2, 0) is 6.54 Å². The SMILES string of the molecule is Cc1cc(C)n(CCCNc2cc(N3CCC[C@H]3CO)ncn2)n1. The van der Waals surface area contributed by atoms with Crippen molar-refractivity contribution in [3.63, 3.8) is 0 Å². The lowest BCUT2D eigenvalue weighted by atomic mass is 10.2. The molecule has 0 amide bonds. The Balaban J connectivity index is 1.52. The van der Waals surface area contributed by atoms with E-state index >= 15 is 0 Å². The summed E-state index contributed by atoms with van der Waals surface area (Å²) in [6.07, 6.45) is 4.68. The molecule has 130 valence electrons. The van der Waals surface area contributed by atoms with Crippen LogP contribution < -0.4 is 10.2 Å². The Labute approximate surface area is 142 Å². The third-order valence-corrected chi connectivity index (χ3v) is 4.49. The first kappa shape index (κ1) is 16.7. The molecule has 0 aliphatic carbocycles. The van der Waals surface area contributed by atoms with Crippen molar-refractivity contribution in [2.45, 2.75) is 45.7 Å². The molecule has 24 heavy (non-hydrogen) atoms. The molecule has 0 unspecified atom stereocenters. The second-order valence-electron chi connectivity index (χ2n) is 6.36. The first-order valence-electron chi connectivity index (χ1n) is 8.62. The Morgan fingerprint density at radius 3 is 2.92 bits per heavy atom. The van der Waals surface area contributed by atoms with Gasteiger partial charge in [-0.15, -0.1) is 0 Å². The van der Waals surface area contributed by atoms with Crippen molar-refractivity contribution in [3.8, 4) is 0 Å². The van der Waals surface area contributed by atoms with E-state index in [1.165, 1.54) is 5.69 Å². The zero-order valence-electron chi connectivity index (χ0n) is 14.4. The number of rotatable bonds is 7. The molecule has 7 heteroatoms. The molecule has 0 spiro atoms. The minimum absolute atomic E-state index is 0.176. The summed E-state index contributed by atoms with van der Waals surface area (Å²) in [6, 6.07) is 4.24. The first-order chi connectivity index (χ1) is 11.7. The maximum absolute atomic E-state index is 9.46. The maximum Gasteiger partial charge on any atom is 0.134 e. The van der Waals surface area contributed by atoms with Crippen LogP contribution in [0.25, 0.3) is 0 Å². The van der Waals surface area contributed by atoms with Gasteiger partial charge in [-0.1, -0.05) is 0 Å². The van der Waals surface area contributed by atoms with Crippen LogP contribution in [-0.4, -0.2) is 50.6 Å². The molecule has 2 aromatic rings. The average molecular weight is 330 g/mol. The van der Waals surface area contributed by atoms with Gasteiger partial charge in [-0.05, 0) is 39.2 Å². The molecular formula is C17H26N6O. The molecule has 1 aliphatic rings. The van der Waals surface area contributed by atoms with Crippen molar-refractivity contribution in [2.24, 2.45) is 0 Å². The molecule has 0 radical (unpaired) electrons. The van der Waals surface area contributed by atoms with Gasteiger partial charge >= 0.3 is 0 Å². The zero-order chi connectivity index (χ0) is 16.9. The van der Waals surface area contributed by atoms with E-state index in [0.717, 1.165) is 56.2 Å². The van der Waals surface area contributed by atoms with Crippen LogP contribution >= 0.6 is 0 Å². The molecular weight excluding hydrogens is 304 g/mol. The minimum atomic E-state index is 0.176. The summed E-state index contributed by atoms with van der Waals surface area (Å²) in [7, 11) is 0. The fourth-order valence-corrected chi connectivity index (χ4v) is 3.27. The summed E-state index contributed by atoms with van der Waals surface area (Å²) in [4.78, 5) is 10.8. The Morgan fingerprint density at radius 1 is 1.29 bits per heavy atom. The topological polar surface area (TPSA) is 79.1 Å². The van der Waals surface area contributed by atoms with Gasteiger partial charge in [0, 0.05) is 31.4 Å². The van der Waals surface area contributed by atoms with E-state index in [-0.39, 0.29) is 12.6 Å². The number of nitrogens with one attached hydrogen (secondary N) is 1. The summed E-state index contributed by atoms with van der Waals surface area (Å²) in [5, 5.41) is 17.3. The van der Waals surface area contributed by atoms with Crippen LogP contribution in [0.1, 0.15) is 30.7 Å². The third kappa shape index (κ3) is 3.84. The van der Waals surface area contributed by atoms with E-state index in [9.17, 15) is 5.11 Å². The van der Waals surface area contributed by atoms with Crippen LogP contribution in [0, 0.1) is 13.8 Å². The fraction of sp³-hybridized carbons (Fsp3) is 0.588. The van der Waals surface area contributed by atoms with Gasteiger partial charge in [0.2, 0.25) is 0 Å². The lowest BCUT2D eigenvalue weighted by Gasteiger charge is -2.24. The number of anilines is 2. The van der Waals surface area contributed by atoms with Gasteiger partial charge in [0.1, 0.15) is 18.0 Å². The molecule has 0 aromatic carbocycles. The lowest BCUT2D eigenvalue weighted by Crippen LogP contribution is -2.32. The number of nitrogens with zero attached hydrogens (tertiary/aromatic N) is 5. The number of hydrogen-bond acceptors (Lipinski definition) is 6. The normalized spacial score (nSPS) is 17.5. The predicted octanol–water partition coefficient (Wildman–Crippen LogP) is 1.75. The smallest absolute Gasteiger partial charge is 0.134 e. The van der Waals surface area contributed by atoms with Crippen LogP contribution in [0.15, 0.2) is 18.5 Å². The van der Waals surface area contributed by atoms with E-state index in [0.29, 0.717) is 0 Å². The highest BCUT2D eigenvalue weighted by Crippen LogP contribution is 2.24. The maximum atomic E-state index is 9.46. The Kier molecular flexibility index (Phi) is 5.30. The Morgan fingerprint density at radius 2 is 2.17 bits per heavy atom. The highest BCUT2D eigenvalue weighted by atomic mass is 16.3. The molecule has 3 rings (SSSR count). The van der Waals surface area contributed by atoms with Gasteiger partial charge < -0.3 is 15.3 Å². The van der Waals surface area contributed by atoms with Gasteiger partial charge in [-0.3, -0.25) is 4.68 Å². The van der Waals surface area contributed by atoms with Crippen molar-refractivity contribution in [1.29, 1.82) is 0 Å². The van der Waals surface area contributed by atoms with E-state index in [4.69, 9.17) is 0 Å². The third-order valence-electron chi connectivity index (χ3n) is 4.49. The number of aliphatic hydroxyl groups excluding tert-OH is 1. The van der Waals surface area contributed by atoms with Gasteiger partial charge in [0.25, 0.3) is 0 Å². The molecule has 1 fully saturated rings. The lowest BCUT2D eigenvalue weighted by molar-refractivity contribution is 0.266. The van der Waals surface area contributed by atoms with Crippen LogP contribution in [0.3, 0.4) is 0 Å². The summed E-state index contributed by atoms with van der Waals surface area (Å²) in [5.41, 5.74) is 2.26. The molecule has 1 aliphatic heterocycles. The van der Waals surface area contributed by atoms with Crippen LogP contribution in [0.4, 0.5) is 11.6 Å². The summed E-state index contributed by atoms with van der Waals surface area (Å²) >= 11 is 0. The molecule has 0 bridgehead atoms. The van der Waals surface area contributed by atoms with E-state index in [1.54, 1.807) is 6.33 Å². The minimum Gasteiger partial charge on any atom is -0.394 e. The number of aliphatic hydroxyl groups is 1. The van der Waals surface area contributed by atoms with Crippen LogP contribution in [0.5, 0.6) is 0 Å². The van der Waals surface area contributed by atoms with Crippen molar-refractivity contribution in [3.05, 3.63) is 29.8 Å². The highest BCUT2D eigenvalue weighted by Gasteiger charge is 2.25. The molecule has 2 N–H and O–H groups in total. The van der Waals surface area contributed by atoms with Crippen LogP contribution in [0.2, 0.25) is 0 Å². The van der Waals surface area contributed by atoms with E-state index in [2.05, 4.69) is 38.3 Å². The van der Waals surface area contributed by atoms with E-state index < -0.39 is 0 Å².